The molecule has 0 spiro atoms. The van der Waals surface area contributed by atoms with Gasteiger partial charge >= 0.3 is 0 Å². The van der Waals surface area contributed by atoms with Gasteiger partial charge in [0.1, 0.15) is 17.5 Å². The van der Waals surface area contributed by atoms with Crippen LogP contribution in [0.4, 0.5) is 11.6 Å². The minimum Gasteiger partial charge on any atom is -0.370 e. The third kappa shape index (κ3) is 4.09. The molecule has 0 aromatic carbocycles. The van der Waals surface area contributed by atoms with Crippen molar-refractivity contribution in [3.63, 3.8) is 0 Å². The molecule has 1 aliphatic rings. The van der Waals surface area contributed by atoms with E-state index in [0.717, 1.165) is 42.9 Å². The predicted octanol–water partition coefficient (Wildman–Crippen LogP) is 3.49. The Morgan fingerprint density at radius 1 is 1.30 bits per heavy atom. The minimum atomic E-state index is 0.697. The fraction of sp³-hybridized carbons (Fsp3) is 0.750. The van der Waals surface area contributed by atoms with Gasteiger partial charge in [0.15, 0.2) is 0 Å². The molecule has 1 aliphatic carbocycles. The van der Waals surface area contributed by atoms with Crippen molar-refractivity contribution in [2.45, 2.75) is 59.4 Å². The van der Waals surface area contributed by atoms with Gasteiger partial charge in [-0.05, 0) is 32.1 Å². The molecular weight excluding hydrogens is 248 g/mol. The van der Waals surface area contributed by atoms with Gasteiger partial charge in [0, 0.05) is 31.6 Å². The number of nitrogens with one attached hydrogen (secondary N) is 1. The summed E-state index contributed by atoms with van der Waals surface area (Å²) in [5.41, 5.74) is 0. The highest BCUT2D eigenvalue weighted by atomic mass is 15.2. The molecule has 4 nitrogen and oxygen atoms in total. The maximum absolute atomic E-state index is 4.75. The van der Waals surface area contributed by atoms with Crippen LogP contribution >= 0.6 is 0 Å². The van der Waals surface area contributed by atoms with E-state index < -0.39 is 0 Å². The molecule has 1 N–H and O–H groups in total. The summed E-state index contributed by atoms with van der Waals surface area (Å²) in [4.78, 5) is 11.8. The quantitative estimate of drug-likeness (QED) is 0.789. The summed E-state index contributed by atoms with van der Waals surface area (Å²) in [6.45, 7) is 10.8. The fourth-order valence-electron chi connectivity index (χ4n) is 2.33. The predicted molar refractivity (Wildman–Crippen MR) is 85.4 cm³/mol. The third-order valence-corrected chi connectivity index (χ3v) is 3.66. The number of hydrogen-bond acceptors (Lipinski definition) is 4. The standard InChI is InChI=1S/C16H28N4/c1-5-14-18-15(17-6-2)11-16(19-14)20(13-7-8-13)10-9-12(3)4/h11-13H,5-10H2,1-4H3,(H,17,18,19). The maximum Gasteiger partial charge on any atom is 0.134 e. The first kappa shape index (κ1) is 15.1. The van der Waals surface area contributed by atoms with Gasteiger partial charge in [-0.1, -0.05) is 20.8 Å². The van der Waals surface area contributed by atoms with Gasteiger partial charge in [-0.2, -0.15) is 0 Å². The third-order valence-electron chi connectivity index (χ3n) is 3.66. The summed E-state index contributed by atoms with van der Waals surface area (Å²) in [5, 5.41) is 3.32. The lowest BCUT2D eigenvalue weighted by Gasteiger charge is -2.25. The topological polar surface area (TPSA) is 41.0 Å². The number of hydrogen-bond donors (Lipinski definition) is 1. The van der Waals surface area contributed by atoms with Gasteiger partial charge in [0.25, 0.3) is 0 Å². The van der Waals surface area contributed by atoms with Crippen LogP contribution in [0.1, 0.15) is 52.8 Å². The second-order valence-corrected chi connectivity index (χ2v) is 6.02. The van der Waals surface area contributed by atoms with E-state index in [1.165, 1.54) is 19.3 Å². The van der Waals surface area contributed by atoms with Crippen molar-refractivity contribution < 1.29 is 0 Å². The highest BCUT2D eigenvalue weighted by molar-refractivity contribution is 5.51. The Morgan fingerprint density at radius 3 is 2.60 bits per heavy atom. The largest absolute Gasteiger partial charge is 0.370 e. The van der Waals surface area contributed by atoms with Gasteiger partial charge in [0.2, 0.25) is 0 Å². The molecule has 1 aromatic rings. The molecule has 0 unspecified atom stereocenters. The molecule has 0 amide bonds. The number of rotatable bonds is 8. The number of aromatic nitrogens is 2. The van der Waals surface area contributed by atoms with Crippen molar-refractivity contribution >= 4 is 11.6 Å². The first-order valence-corrected chi connectivity index (χ1v) is 8.02. The van der Waals surface area contributed by atoms with Crippen LogP contribution in [0.3, 0.4) is 0 Å². The van der Waals surface area contributed by atoms with Crippen LogP contribution < -0.4 is 10.2 Å². The van der Waals surface area contributed by atoms with E-state index in [0.29, 0.717) is 6.04 Å². The van der Waals surface area contributed by atoms with Crippen molar-refractivity contribution in [2.75, 3.05) is 23.3 Å². The van der Waals surface area contributed by atoms with Crippen LogP contribution in [0.5, 0.6) is 0 Å². The van der Waals surface area contributed by atoms with Crippen LogP contribution in [0, 0.1) is 5.92 Å². The lowest BCUT2D eigenvalue weighted by Crippen LogP contribution is -2.29. The lowest BCUT2D eigenvalue weighted by atomic mass is 10.1. The molecular formula is C16H28N4. The molecule has 0 atom stereocenters. The Hall–Kier alpha value is -1.32. The SMILES string of the molecule is CCNc1cc(N(CCC(C)C)C2CC2)nc(CC)n1. The molecule has 20 heavy (non-hydrogen) atoms. The minimum absolute atomic E-state index is 0.697. The lowest BCUT2D eigenvalue weighted by molar-refractivity contribution is 0.568. The zero-order valence-corrected chi connectivity index (χ0v) is 13.3. The van der Waals surface area contributed by atoms with Crippen LogP contribution in [0.15, 0.2) is 6.07 Å². The monoisotopic (exact) mass is 276 g/mol. The Balaban J connectivity index is 2.19. The highest BCUT2D eigenvalue weighted by Crippen LogP contribution is 2.32. The van der Waals surface area contributed by atoms with Crippen molar-refractivity contribution in [2.24, 2.45) is 5.92 Å². The normalized spacial score (nSPS) is 14.7. The second-order valence-electron chi connectivity index (χ2n) is 6.02. The molecule has 0 saturated heterocycles. The smallest absolute Gasteiger partial charge is 0.134 e. The number of aryl methyl sites for hydroxylation is 1. The van der Waals surface area contributed by atoms with E-state index in [4.69, 9.17) is 4.98 Å². The van der Waals surface area contributed by atoms with Crippen LogP contribution in [0.25, 0.3) is 0 Å². The first-order valence-electron chi connectivity index (χ1n) is 8.02. The molecule has 112 valence electrons. The molecule has 0 aliphatic heterocycles. The molecule has 0 bridgehead atoms. The summed E-state index contributed by atoms with van der Waals surface area (Å²) >= 11 is 0. The number of nitrogens with zero attached hydrogens (tertiary/aromatic N) is 3. The summed E-state index contributed by atoms with van der Waals surface area (Å²) in [6, 6.07) is 2.81. The van der Waals surface area contributed by atoms with Crippen LogP contribution in [0.2, 0.25) is 0 Å². The first-order chi connectivity index (χ1) is 9.63. The summed E-state index contributed by atoms with van der Waals surface area (Å²) in [5.74, 6) is 3.74. The Kier molecular flexibility index (Phi) is 5.21. The zero-order valence-electron chi connectivity index (χ0n) is 13.3. The Morgan fingerprint density at radius 2 is 2.05 bits per heavy atom. The van der Waals surface area contributed by atoms with E-state index in [9.17, 15) is 0 Å². The molecule has 1 saturated carbocycles. The second kappa shape index (κ2) is 6.91. The maximum atomic E-state index is 4.75. The fourth-order valence-corrected chi connectivity index (χ4v) is 2.33. The molecule has 1 heterocycles. The summed E-state index contributed by atoms with van der Waals surface area (Å²) in [6.07, 6.45) is 4.72. The zero-order chi connectivity index (χ0) is 14.5. The van der Waals surface area contributed by atoms with Gasteiger partial charge in [0.05, 0.1) is 0 Å². The van der Waals surface area contributed by atoms with E-state index in [-0.39, 0.29) is 0 Å². The summed E-state index contributed by atoms with van der Waals surface area (Å²) in [7, 11) is 0. The van der Waals surface area contributed by atoms with Crippen molar-refractivity contribution in [3.8, 4) is 0 Å². The van der Waals surface area contributed by atoms with Crippen molar-refractivity contribution in [1.82, 2.24) is 9.97 Å². The Bertz CT molecular complexity index is 426. The van der Waals surface area contributed by atoms with E-state index in [1.54, 1.807) is 0 Å². The van der Waals surface area contributed by atoms with Crippen molar-refractivity contribution in [3.05, 3.63) is 11.9 Å². The van der Waals surface area contributed by atoms with Gasteiger partial charge in [-0.15, -0.1) is 0 Å². The summed E-state index contributed by atoms with van der Waals surface area (Å²) < 4.78 is 0. The number of anilines is 2. The molecule has 0 radical (unpaired) electrons. The highest BCUT2D eigenvalue weighted by Gasteiger charge is 2.30. The van der Waals surface area contributed by atoms with Crippen LogP contribution in [-0.4, -0.2) is 29.1 Å². The molecule has 1 fully saturated rings. The Labute approximate surface area is 123 Å². The van der Waals surface area contributed by atoms with Crippen LogP contribution in [-0.2, 0) is 6.42 Å². The molecule has 2 rings (SSSR count). The average molecular weight is 276 g/mol. The molecule has 4 heteroatoms. The van der Waals surface area contributed by atoms with E-state index in [1.807, 2.05) is 0 Å². The van der Waals surface area contributed by atoms with E-state index in [2.05, 4.69) is 49.0 Å². The average Bonchev–Trinajstić information content (AvgIpc) is 3.23. The van der Waals surface area contributed by atoms with Gasteiger partial charge < -0.3 is 10.2 Å². The molecule has 1 aromatic heterocycles. The van der Waals surface area contributed by atoms with Crippen molar-refractivity contribution in [1.29, 1.82) is 0 Å². The van der Waals surface area contributed by atoms with Gasteiger partial charge in [-0.3, -0.25) is 0 Å². The van der Waals surface area contributed by atoms with E-state index >= 15 is 0 Å². The van der Waals surface area contributed by atoms with Gasteiger partial charge in [-0.25, -0.2) is 9.97 Å².